The summed E-state index contributed by atoms with van der Waals surface area (Å²) in [4.78, 5) is 11.9. The van der Waals surface area contributed by atoms with Crippen LogP contribution in [0.25, 0.3) is 0 Å². The molecule has 1 fully saturated rings. The van der Waals surface area contributed by atoms with Gasteiger partial charge < -0.3 is 4.74 Å². The van der Waals surface area contributed by atoms with Crippen LogP contribution >= 0.6 is 0 Å². The van der Waals surface area contributed by atoms with Gasteiger partial charge in [0.25, 0.3) is 0 Å². The number of ether oxygens (including phenoxy) is 1. The molecule has 0 amide bonds. The Hall–Kier alpha value is -1.36. The van der Waals surface area contributed by atoms with Gasteiger partial charge >= 0.3 is 5.97 Å². The Morgan fingerprint density at radius 1 is 1.33 bits per heavy atom. The van der Waals surface area contributed by atoms with Crippen LogP contribution < -0.4 is 0 Å². The molecule has 0 aliphatic heterocycles. The van der Waals surface area contributed by atoms with Crippen LogP contribution in [-0.2, 0) is 14.6 Å². The van der Waals surface area contributed by atoms with E-state index in [0.717, 1.165) is 18.4 Å². The number of carbonyl (C=O) groups is 1. The SMILES string of the molecule is COC(=O)c1ccc(C2CC2)c(S(C)(=O)=O)c1C. The highest BCUT2D eigenvalue weighted by molar-refractivity contribution is 7.90. The van der Waals surface area contributed by atoms with Crippen LogP contribution in [0.2, 0.25) is 0 Å². The van der Waals surface area contributed by atoms with Gasteiger partial charge in [0, 0.05) is 6.26 Å². The Morgan fingerprint density at radius 3 is 2.39 bits per heavy atom. The molecule has 5 heteroatoms. The topological polar surface area (TPSA) is 60.4 Å². The summed E-state index contributed by atoms with van der Waals surface area (Å²) < 4.78 is 28.5. The fraction of sp³-hybridized carbons (Fsp3) is 0.462. The van der Waals surface area contributed by atoms with Gasteiger partial charge in [-0.25, -0.2) is 13.2 Å². The maximum Gasteiger partial charge on any atom is 0.338 e. The van der Waals surface area contributed by atoms with Gasteiger partial charge in [-0.1, -0.05) is 6.07 Å². The standard InChI is InChI=1S/C13H16O4S/c1-8-10(13(14)17-2)6-7-11(9-4-5-9)12(8)18(3,15)16/h6-7,9H,4-5H2,1-3H3. The number of rotatable bonds is 3. The lowest BCUT2D eigenvalue weighted by molar-refractivity contribution is 0.0599. The average Bonchev–Trinajstić information content (AvgIpc) is 3.09. The van der Waals surface area contributed by atoms with E-state index in [0.29, 0.717) is 21.9 Å². The minimum Gasteiger partial charge on any atom is -0.465 e. The minimum atomic E-state index is -3.34. The lowest BCUT2D eigenvalue weighted by Gasteiger charge is -2.13. The van der Waals surface area contributed by atoms with Crippen LogP contribution in [0.5, 0.6) is 0 Å². The van der Waals surface area contributed by atoms with Crippen molar-refractivity contribution in [3.63, 3.8) is 0 Å². The van der Waals surface area contributed by atoms with E-state index in [9.17, 15) is 13.2 Å². The predicted octanol–water partition coefficient (Wildman–Crippen LogP) is 2.06. The summed E-state index contributed by atoms with van der Waals surface area (Å²) in [5.74, 6) is -0.181. The van der Waals surface area contributed by atoms with Crippen LogP contribution in [0.15, 0.2) is 17.0 Å². The van der Waals surface area contributed by atoms with Gasteiger partial charge in [0.05, 0.1) is 17.6 Å². The molecule has 0 heterocycles. The van der Waals surface area contributed by atoms with Gasteiger partial charge in [-0.15, -0.1) is 0 Å². The van der Waals surface area contributed by atoms with Gasteiger partial charge in [-0.05, 0) is 42.9 Å². The summed E-state index contributed by atoms with van der Waals surface area (Å²) in [7, 11) is -2.05. The largest absolute Gasteiger partial charge is 0.465 e. The second kappa shape index (κ2) is 4.39. The summed E-state index contributed by atoms with van der Waals surface area (Å²) >= 11 is 0. The molecule has 0 N–H and O–H groups in total. The van der Waals surface area contributed by atoms with Crippen molar-refractivity contribution in [3.8, 4) is 0 Å². The van der Waals surface area contributed by atoms with Crippen molar-refractivity contribution in [3.05, 3.63) is 28.8 Å². The molecule has 1 aliphatic rings. The number of esters is 1. The number of hydrogen-bond acceptors (Lipinski definition) is 4. The van der Waals surface area contributed by atoms with Crippen LogP contribution in [0.3, 0.4) is 0 Å². The first-order valence-electron chi connectivity index (χ1n) is 5.78. The van der Waals surface area contributed by atoms with Crippen molar-refractivity contribution in [2.75, 3.05) is 13.4 Å². The lowest BCUT2D eigenvalue weighted by atomic mass is 10.0. The van der Waals surface area contributed by atoms with Crippen LogP contribution in [0.1, 0.15) is 40.2 Å². The molecule has 0 saturated heterocycles. The Balaban J connectivity index is 2.68. The molecule has 0 radical (unpaired) electrons. The van der Waals surface area contributed by atoms with Crippen molar-refractivity contribution in [1.29, 1.82) is 0 Å². The highest BCUT2D eigenvalue weighted by Gasteiger charge is 2.31. The summed E-state index contributed by atoms with van der Waals surface area (Å²) in [6.45, 7) is 1.66. The maximum atomic E-state index is 11.9. The van der Waals surface area contributed by atoms with E-state index in [4.69, 9.17) is 0 Å². The van der Waals surface area contributed by atoms with Crippen molar-refractivity contribution in [1.82, 2.24) is 0 Å². The second-order valence-electron chi connectivity index (χ2n) is 4.69. The van der Waals surface area contributed by atoms with E-state index in [1.165, 1.54) is 13.4 Å². The summed E-state index contributed by atoms with van der Waals surface area (Å²) in [5, 5.41) is 0. The summed E-state index contributed by atoms with van der Waals surface area (Å²) in [5.41, 5.74) is 1.65. The molecule has 18 heavy (non-hydrogen) atoms. The van der Waals surface area contributed by atoms with Gasteiger partial charge in [0.1, 0.15) is 0 Å². The first-order chi connectivity index (χ1) is 8.36. The zero-order valence-corrected chi connectivity index (χ0v) is 11.5. The number of hydrogen-bond donors (Lipinski definition) is 0. The Morgan fingerprint density at radius 2 is 1.94 bits per heavy atom. The molecule has 2 rings (SSSR count). The van der Waals surface area contributed by atoms with Crippen molar-refractivity contribution in [2.45, 2.75) is 30.6 Å². The molecule has 0 bridgehead atoms. The molecule has 0 spiro atoms. The average molecular weight is 268 g/mol. The third-order valence-corrected chi connectivity index (χ3v) is 4.51. The van der Waals surface area contributed by atoms with Gasteiger partial charge in [0.15, 0.2) is 9.84 Å². The second-order valence-corrected chi connectivity index (χ2v) is 6.65. The number of benzene rings is 1. The first kappa shape index (κ1) is 13.1. The highest BCUT2D eigenvalue weighted by Crippen LogP contribution is 2.44. The van der Waals surface area contributed by atoms with Gasteiger partial charge in [-0.3, -0.25) is 0 Å². The zero-order chi connectivity index (χ0) is 13.5. The molecular weight excluding hydrogens is 252 g/mol. The van der Waals surface area contributed by atoms with Crippen LogP contribution in [0.4, 0.5) is 0 Å². The summed E-state index contributed by atoms with van der Waals surface area (Å²) in [6.07, 6.45) is 3.21. The smallest absolute Gasteiger partial charge is 0.338 e. The normalized spacial score (nSPS) is 15.5. The predicted molar refractivity (Wildman–Crippen MR) is 67.6 cm³/mol. The van der Waals surface area contributed by atoms with E-state index in [1.54, 1.807) is 19.1 Å². The van der Waals surface area contributed by atoms with Crippen LogP contribution in [-0.4, -0.2) is 27.8 Å². The Kier molecular flexibility index (Phi) is 3.19. The molecule has 1 saturated carbocycles. The fourth-order valence-corrected chi connectivity index (χ4v) is 3.58. The van der Waals surface area contributed by atoms with E-state index >= 15 is 0 Å². The van der Waals surface area contributed by atoms with Gasteiger partial charge in [0.2, 0.25) is 0 Å². The quantitative estimate of drug-likeness (QED) is 0.787. The molecule has 0 atom stereocenters. The molecule has 0 aromatic heterocycles. The van der Waals surface area contributed by atoms with Crippen molar-refractivity contribution >= 4 is 15.8 Å². The maximum absolute atomic E-state index is 11.9. The summed E-state index contributed by atoms with van der Waals surface area (Å²) in [6, 6.07) is 3.40. The van der Waals surface area contributed by atoms with Crippen molar-refractivity contribution in [2.24, 2.45) is 0 Å². The third-order valence-electron chi connectivity index (χ3n) is 3.23. The van der Waals surface area contributed by atoms with E-state index in [1.807, 2.05) is 0 Å². The molecule has 0 unspecified atom stereocenters. The molecular formula is C13H16O4S. The molecule has 1 aromatic rings. The van der Waals surface area contributed by atoms with Crippen molar-refractivity contribution < 1.29 is 17.9 Å². The molecule has 4 nitrogen and oxygen atoms in total. The number of carbonyl (C=O) groups excluding carboxylic acids is 1. The molecule has 1 aromatic carbocycles. The minimum absolute atomic E-state index is 0.299. The number of methoxy groups -OCH3 is 1. The fourth-order valence-electron chi connectivity index (χ4n) is 2.25. The first-order valence-corrected chi connectivity index (χ1v) is 7.67. The van der Waals surface area contributed by atoms with Crippen LogP contribution in [0, 0.1) is 6.92 Å². The lowest BCUT2D eigenvalue weighted by Crippen LogP contribution is -2.11. The highest BCUT2D eigenvalue weighted by atomic mass is 32.2. The van der Waals surface area contributed by atoms with E-state index in [-0.39, 0.29) is 0 Å². The number of sulfone groups is 1. The van der Waals surface area contributed by atoms with Gasteiger partial charge in [-0.2, -0.15) is 0 Å². The molecule has 98 valence electrons. The monoisotopic (exact) mass is 268 g/mol. The molecule has 1 aliphatic carbocycles. The van der Waals surface area contributed by atoms with E-state index in [2.05, 4.69) is 4.74 Å². The third kappa shape index (κ3) is 2.27. The Labute approximate surface area is 107 Å². The zero-order valence-electron chi connectivity index (χ0n) is 10.7. The van der Waals surface area contributed by atoms with E-state index < -0.39 is 15.8 Å². The Bertz CT molecular complexity index is 598.